The molecule has 368 valence electrons. The first-order chi connectivity index (χ1) is 30.2. The summed E-state index contributed by atoms with van der Waals surface area (Å²) in [6.07, 6.45) is 51.0. The lowest BCUT2D eigenvalue weighted by Gasteiger charge is -2.18. The summed E-state index contributed by atoms with van der Waals surface area (Å²) < 4.78 is 16.8. The van der Waals surface area contributed by atoms with Crippen LogP contribution in [0, 0.1) is 11.8 Å². The molecule has 0 fully saturated rings. The third kappa shape index (κ3) is 49.4. The fourth-order valence-electron chi connectivity index (χ4n) is 8.52. The van der Waals surface area contributed by atoms with Gasteiger partial charge in [-0.3, -0.25) is 14.4 Å². The summed E-state index contributed by atoms with van der Waals surface area (Å²) in [7, 11) is 0. The maximum Gasteiger partial charge on any atom is 0.306 e. The first kappa shape index (κ1) is 60.4. The van der Waals surface area contributed by atoms with E-state index in [2.05, 4.69) is 34.6 Å². The van der Waals surface area contributed by atoms with Crippen molar-refractivity contribution in [2.75, 3.05) is 13.2 Å². The van der Waals surface area contributed by atoms with Crippen LogP contribution in [0.25, 0.3) is 0 Å². The number of rotatable bonds is 50. The molecule has 6 nitrogen and oxygen atoms in total. The second kappa shape index (κ2) is 48.9. The minimum absolute atomic E-state index is 0.0639. The van der Waals surface area contributed by atoms with E-state index in [-0.39, 0.29) is 31.1 Å². The van der Waals surface area contributed by atoms with Crippen molar-refractivity contribution >= 4 is 17.9 Å². The summed E-state index contributed by atoms with van der Waals surface area (Å²) in [5.41, 5.74) is 0. The van der Waals surface area contributed by atoms with Crippen LogP contribution >= 0.6 is 0 Å². The van der Waals surface area contributed by atoms with Gasteiger partial charge in [-0.25, -0.2) is 0 Å². The van der Waals surface area contributed by atoms with Crippen molar-refractivity contribution in [3.05, 3.63) is 0 Å². The van der Waals surface area contributed by atoms with Crippen LogP contribution in [0.2, 0.25) is 0 Å². The fourth-order valence-corrected chi connectivity index (χ4v) is 8.52. The molecule has 0 bridgehead atoms. The minimum atomic E-state index is -0.762. The molecule has 0 saturated carbocycles. The zero-order chi connectivity index (χ0) is 45.4. The van der Waals surface area contributed by atoms with E-state index in [1.54, 1.807) is 0 Å². The lowest BCUT2D eigenvalue weighted by Crippen LogP contribution is -2.30. The maximum atomic E-state index is 12.8. The van der Waals surface area contributed by atoms with Crippen molar-refractivity contribution in [1.82, 2.24) is 0 Å². The van der Waals surface area contributed by atoms with Crippen LogP contribution in [0.5, 0.6) is 0 Å². The molecule has 0 amide bonds. The van der Waals surface area contributed by atoms with Gasteiger partial charge in [0.15, 0.2) is 6.10 Å². The SMILES string of the molecule is CCCCCCCCCCCCCCCCCCCCCC(=O)O[C@H](COC(=O)CCCCCCCCCCCCCCC(C)C)COC(=O)CCCCCCCCCC(C)C. The van der Waals surface area contributed by atoms with Gasteiger partial charge in [0.05, 0.1) is 0 Å². The lowest BCUT2D eigenvalue weighted by atomic mass is 10.0. The quantitative estimate of drug-likeness (QED) is 0.0344. The van der Waals surface area contributed by atoms with E-state index < -0.39 is 6.10 Å². The van der Waals surface area contributed by atoms with E-state index >= 15 is 0 Å². The molecule has 0 aliphatic rings. The van der Waals surface area contributed by atoms with E-state index in [4.69, 9.17) is 14.2 Å². The molecular formula is C56H108O6. The number of hydrogen-bond donors (Lipinski definition) is 0. The average molecular weight is 877 g/mol. The van der Waals surface area contributed by atoms with Crippen LogP contribution < -0.4 is 0 Å². The molecule has 0 aliphatic heterocycles. The third-order valence-electron chi connectivity index (χ3n) is 12.7. The van der Waals surface area contributed by atoms with Gasteiger partial charge >= 0.3 is 17.9 Å². The Balaban J connectivity index is 4.25. The Hall–Kier alpha value is -1.59. The Morgan fingerprint density at radius 1 is 0.306 bits per heavy atom. The Bertz CT molecular complexity index is 947. The molecule has 0 unspecified atom stereocenters. The molecule has 0 N–H and O–H groups in total. The highest BCUT2D eigenvalue weighted by Crippen LogP contribution is 2.18. The van der Waals surface area contributed by atoms with Crippen molar-refractivity contribution < 1.29 is 28.6 Å². The maximum absolute atomic E-state index is 12.8. The molecule has 0 aliphatic carbocycles. The summed E-state index contributed by atoms with van der Waals surface area (Å²) in [5, 5.41) is 0. The van der Waals surface area contributed by atoms with Gasteiger partial charge in [0.25, 0.3) is 0 Å². The molecular weight excluding hydrogens is 769 g/mol. The van der Waals surface area contributed by atoms with Crippen LogP contribution in [0.15, 0.2) is 0 Å². The lowest BCUT2D eigenvalue weighted by molar-refractivity contribution is -0.167. The Labute approximate surface area is 387 Å². The van der Waals surface area contributed by atoms with Gasteiger partial charge in [-0.15, -0.1) is 0 Å². The van der Waals surface area contributed by atoms with Crippen LogP contribution in [-0.2, 0) is 28.6 Å². The van der Waals surface area contributed by atoms with Gasteiger partial charge in [0.2, 0.25) is 0 Å². The number of esters is 3. The molecule has 0 rings (SSSR count). The molecule has 62 heavy (non-hydrogen) atoms. The smallest absolute Gasteiger partial charge is 0.306 e. The molecule has 0 radical (unpaired) electrons. The first-order valence-corrected chi connectivity index (χ1v) is 27.7. The molecule has 6 heteroatoms. The second-order valence-electron chi connectivity index (χ2n) is 20.2. The van der Waals surface area contributed by atoms with Crippen molar-refractivity contribution in [3.63, 3.8) is 0 Å². The van der Waals surface area contributed by atoms with Crippen LogP contribution in [-0.4, -0.2) is 37.2 Å². The van der Waals surface area contributed by atoms with E-state index in [0.29, 0.717) is 19.3 Å². The zero-order valence-electron chi connectivity index (χ0n) is 42.5. The summed E-state index contributed by atoms with van der Waals surface area (Å²) in [5.74, 6) is 0.768. The van der Waals surface area contributed by atoms with Crippen LogP contribution in [0.3, 0.4) is 0 Å². The number of unbranched alkanes of at least 4 members (excludes halogenated alkanes) is 35. The normalized spacial score (nSPS) is 12.0. The predicted molar refractivity (Wildman–Crippen MR) is 266 cm³/mol. The first-order valence-electron chi connectivity index (χ1n) is 27.7. The van der Waals surface area contributed by atoms with Gasteiger partial charge in [-0.05, 0) is 31.1 Å². The van der Waals surface area contributed by atoms with Gasteiger partial charge in [-0.1, -0.05) is 272 Å². The van der Waals surface area contributed by atoms with Gasteiger partial charge in [0.1, 0.15) is 13.2 Å². The third-order valence-corrected chi connectivity index (χ3v) is 12.7. The Kier molecular flexibility index (Phi) is 47.6. The topological polar surface area (TPSA) is 78.9 Å². The van der Waals surface area contributed by atoms with E-state index in [1.165, 1.54) is 199 Å². The Morgan fingerprint density at radius 2 is 0.532 bits per heavy atom. The standard InChI is InChI=1S/C56H108O6/c1-6-7-8-9-10-11-12-13-14-15-16-17-18-19-24-27-32-38-43-48-56(59)62-53(50-61-55(58)47-42-37-33-28-30-35-40-45-52(4)5)49-60-54(57)46-41-36-31-26-23-21-20-22-25-29-34-39-44-51(2)3/h51-53H,6-50H2,1-5H3/t53-/m1/s1. The average Bonchev–Trinajstić information content (AvgIpc) is 3.24. The highest BCUT2D eigenvalue weighted by atomic mass is 16.6. The highest BCUT2D eigenvalue weighted by Gasteiger charge is 2.19. The Morgan fingerprint density at radius 3 is 0.790 bits per heavy atom. The van der Waals surface area contributed by atoms with Crippen LogP contribution in [0.1, 0.15) is 311 Å². The van der Waals surface area contributed by atoms with E-state index in [9.17, 15) is 14.4 Å². The van der Waals surface area contributed by atoms with Crippen molar-refractivity contribution in [2.24, 2.45) is 11.8 Å². The number of ether oxygens (including phenoxy) is 3. The molecule has 1 atom stereocenters. The van der Waals surface area contributed by atoms with Crippen molar-refractivity contribution in [3.8, 4) is 0 Å². The summed E-state index contributed by atoms with van der Waals surface area (Å²) >= 11 is 0. The fraction of sp³-hybridized carbons (Fsp3) is 0.946. The molecule has 0 aromatic carbocycles. The predicted octanol–water partition coefficient (Wildman–Crippen LogP) is 18.1. The highest BCUT2D eigenvalue weighted by molar-refractivity contribution is 5.71. The monoisotopic (exact) mass is 877 g/mol. The zero-order valence-corrected chi connectivity index (χ0v) is 42.5. The van der Waals surface area contributed by atoms with Gasteiger partial charge in [0, 0.05) is 19.3 Å². The van der Waals surface area contributed by atoms with E-state index in [0.717, 1.165) is 69.6 Å². The minimum Gasteiger partial charge on any atom is -0.462 e. The molecule has 0 saturated heterocycles. The molecule has 0 spiro atoms. The summed E-state index contributed by atoms with van der Waals surface area (Å²) in [6.45, 7) is 11.3. The largest absolute Gasteiger partial charge is 0.462 e. The molecule has 0 heterocycles. The molecule has 0 aromatic rings. The number of carbonyl (C=O) groups is 3. The van der Waals surface area contributed by atoms with Crippen LogP contribution in [0.4, 0.5) is 0 Å². The van der Waals surface area contributed by atoms with E-state index in [1.807, 2.05) is 0 Å². The van der Waals surface area contributed by atoms with Gasteiger partial charge < -0.3 is 14.2 Å². The summed E-state index contributed by atoms with van der Waals surface area (Å²) in [6, 6.07) is 0. The second-order valence-corrected chi connectivity index (χ2v) is 20.2. The van der Waals surface area contributed by atoms with Crippen molar-refractivity contribution in [1.29, 1.82) is 0 Å². The number of carbonyl (C=O) groups excluding carboxylic acids is 3. The number of hydrogen-bond acceptors (Lipinski definition) is 6. The van der Waals surface area contributed by atoms with Gasteiger partial charge in [-0.2, -0.15) is 0 Å². The molecule has 0 aromatic heterocycles. The van der Waals surface area contributed by atoms with Crippen molar-refractivity contribution in [2.45, 2.75) is 317 Å². The summed E-state index contributed by atoms with van der Waals surface area (Å²) in [4.78, 5) is 38.0.